The van der Waals surface area contributed by atoms with Gasteiger partial charge in [-0.05, 0) is 32.6 Å². The molecule has 6 atom stereocenters. The summed E-state index contributed by atoms with van der Waals surface area (Å²) < 4.78 is 12.4. The number of ether oxygens (including phenoxy) is 2. The molecule has 8 heteroatoms. The van der Waals surface area contributed by atoms with Gasteiger partial charge in [-0.3, -0.25) is 14.4 Å². The number of carbonyl (C=O) groups is 3. The summed E-state index contributed by atoms with van der Waals surface area (Å²) in [6.45, 7) is 6.72. The van der Waals surface area contributed by atoms with Crippen molar-refractivity contribution in [3.05, 3.63) is 24.3 Å². The summed E-state index contributed by atoms with van der Waals surface area (Å²) in [5, 5.41) is 9.95. The lowest BCUT2D eigenvalue weighted by Gasteiger charge is -2.40. The summed E-state index contributed by atoms with van der Waals surface area (Å²) in [6, 6.07) is -1.52. The van der Waals surface area contributed by atoms with Crippen LogP contribution in [0.3, 0.4) is 0 Å². The minimum atomic E-state index is -1.29. The highest BCUT2D eigenvalue weighted by atomic mass is 16.6. The fourth-order valence-electron chi connectivity index (χ4n) is 5.97. The first-order valence-electron chi connectivity index (χ1n) is 12.3. The summed E-state index contributed by atoms with van der Waals surface area (Å²) in [5.41, 5.74) is -2.32. The number of hydrogen-bond acceptors (Lipinski definition) is 6. The van der Waals surface area contributed by atoms with Crippen LogP contribution in [0.4, 0.5) is 0 Å². The molecule has 0 bridgehead atoms. The van der Waals surface area contributed by atoms with Crippen LogP contribution in [0.5, 0.6) is 0 Å². The second-order valence-electron chi connectivity index (χ2n) is 9.65. The fourth-order valence-corrected chi connectivity index (χ4v) is 5.97. The van der Waals surface area contributed by atoms with E-state index in [-0.39, 0.29) is 25.0 Å². The third kappa shape index (κ3) is 3.62. The van der Waals surface area contributed by atoms with Gasteiger partial charge in [0.05, 0.1) is 25.2 Å². The number of allylic oxidation sites excluding steroid dienone is 1. The number of aliphatic hydroxyl groups is 1. The SMILES string of the molecule is CCCCN1CC=C[C@]23O[C@]4(CC)/C=C\CCCOC(=O)[C@@H]4[C@H]2C(=O)N([C@H](C)CO)C3C1=O. The maximum Gasteiger partial charge on any atom is 0.313 e. The minimum Gasteiger partial charge on any atom is -0.465 e. The number of unbranched alkanes of at least 4 members (excludes halogenated alkanes) is 1. The first kappa shape index (κ1) is 24.0. The Balaban J connectivity index is 1.88. The smallest absolute Gasteiger partial charge is 0.313 e. The zero-order chi connectivity index (χ0) is 23.8. The number of carbonyl (C=O) groups excluding carboxylic acids is 3. The van der Waals surface area contributed by atoms with Crippen LogP contribution in [-0.4, -0.2) is 82.3 Å². The molecule has 0 saturated carbocycles. The third-order valence-electron chi connectivity index (χ3n) is 7.68. The van der Waals surface area contributed by atoms with Crippen LogP contribution in [0, 0.1) is 11.8 Å². The van der Waals surface area contributed by atoms with Gasteiger partial charge in [0, 0.05) is 13.1 Å². The van der Waals surface area contributed by atoms with Crippen LogP contribution >= 0.6 is 0 Å². The molecule has 4 heterocycles. The highest BCUT2D eigenvalue weighted by molar-refractivity contribution is 5.99. The molecule has 33 heavy (non-hydrogen) atoms. The molecule has 4 rings (SSSR count). The second kappa shape index (κ2) is 9.22. The third-order valence-corrected chi connectivity index (χ3v) is 7.68. The van der Waals surface area contributed by atoms with Gasteiger partial charge >= 0.3 is 5.97 Å². The Bertz CT molecular complexity index is 856. The first-order chi connectivity index (χ1) is 15.9. The number of aliphatic hydroxyl groups excluding tert-OH is 1. The molecular weight excluding hydrogens is 424 g/mol. The van der Waals surface area contributed by atoms with Crippen molar-refractivity contribution in [3.8, 4) is 0 Å². The monoisotopic (exact) mass is 460 g/mol. The topological polar surface area (TPSA) is 96.4 Å². The Kier molecular flexibility index (Phi) is 6.69. The van der Waals surface area contributed by atoms with Gasteiger partial charge in [0.25, 0.3) is 0 Å². The number of rotatable bonds is 6. The fraction of sp³-hybridized carbons (Fsp3) is 0.720. The molecule has 0 aromatic rings. The first-order valence-corrected chi connectivity index (χ1v) is 12.3. The number of hydrogen-bond donors (Lipinski definition) is 1. The van der Waals surface area contributed by atoms with Gasteiger partial charge in [-0.1, -0.05) is 44.6 Å². The Morgan fingerprint density at radius 3 is 2.64 bits per heavy atom. The molecule has 1 spiro atoms. The Hall–Kier alpha value is -2.19. The lowest BCUT2D eigenvalue weighted by atomic mass is 9.73. The molecule has 2 amide bonds. The van der Waals surface area contributed by atoms with Gasteiger partial charge in [0.15, 0.2) is 0 Å². The van der Waals surface area contributed by atoms with Crippen LogP contribution in [0.15, 0.2) is 24.3 Å². The van der Waals surface area contributed by atoms with Gasteiger partial charge in [-0.25, -0.2) is 0 Å². The van der Waals surface area contributed by atoms with E-state index in [9.17, 15) is 19.5 Å². The van der Waals surface area contributed by atoms with Crippen molar-refractivity contribution < 1.29 is 29.0 Å². The lowest BCUT2D eigenvalue weighted by Crippen LogP contribution is -2.58. The van der Waals surface area contributed by atoms with Crippen molar-refractivity contribution in [1.29, 1.82) is 0 Å². The van der Waals surface area contributed by atoms with Crippen molar-refractivity contribution in [2.75, 3.05) is 26.3 Å². The zero-order valence-electron chi connectivity index (χ0n) is 19.9. The predicted octanol–water partition coefficient (Wildman–Crippen LogP) is 1.82. The standard InChI is InChI=1S/C25H36N2O6/c1-4-6-13-26-14-10-12-25-18(21(29)27(17(3)16-28)20(25)22(26)30)19-23(31)32-15-9-7-8-11-24(19,5-2)33-25/h8,10-12,17-20,28H,4-7,9,13-16H2,1-3H3/b11-8-/t17-,18+,19+,20?,24-,25+/m1/s1. The highest BCUT2D eigenvalue weighted by Gasteiger charge is 2.75. The summed E-state index contributed by atoms with van der Waals surface area (Å²) in [4.78, 5) is 44.5. The van der Waals surface area contributed by atoms with Crippen LogP contribution in [0.2, 0.25) is 0 Å². The molecule has 2 saturated heterocycles. The van der Waals surface area contributed by atoms with Crippen molar-refractivity contribution in [3.63, 3.8) is 0 Å². The van der Waals surface area contributed by atoms with Gasteiger partial charge in [0.2, 0.25) is 11.8 Å². The normalized spacial score (nSPS) is 37.9. The van der Waals surface area contributed by atoms with Crippen LogP contribution in [0.25, 0.3) is 0 Å². The number of cyclic esters (lactones) is 1. The van der Waals surface area contributed by atoms with E-state index in [1.807, 2.05) is 31.2 Å². The van der Waals surface area contributed by atoms with E-state index >= 15 is 0 Å². The molecule has 4 aliphatic rings. The molecule has 0 aliphatic carbocycles. The second-order valence-corrected chi connectivity index (χ2v) is 9.65. The number of amides is 2. The van der Waals surface area contributed by atoms with E-state index in [2.05, 4.69) is 6.92 Å². The zero-order valence-corrected chi connectivity index (χ0v) is 19.9. The van der Waals surface area contributed by atoms with E-state index in [1.165, 1.54) is 4.90 Å². The van der Waals surface area contributed by atoms with Gasteiger partial charge in [-0.2, -0.15) is 0 Å². The molecule has 8 nitrogen and oxygen atoms in total. The molecule has 1 unspecified atom stereocenters. The van der Waals surface area contributed by atoms with Crippen LogP contribution in [-0.2, 0) is 23.9 Å². The molecule has 0 radical (unpaired) electrons. The molecule has 4 aliphatic heterocycles. The molecular formula is C25H36N2O6. The van der Waals surface area contributed by atoms with E-state index in [4.69, 9.17) is 9.47 Å². The van der Waals surface area contributed by atoms with Crippen molar-refractivity contribution in [2.24, 2.45) is 11.8 Å². The van der Waals surface area contributed by atoms with E-state index < -0.39 is 41.1 Å². The molecule has 182 valence electrons. The van der Waals surface area contributed by atoms with Crippen LogP contribution < -0.4 is 0 Å². The number of esters is 1. The van der Waals surface area contributed by atoms with Crippen molar-refractivity contribution >= 4 is 17.8 Å². The van der Waals surface area contributed by atoms with E-state index in [1.54, 1.807) is 11.8 Å². The maximum absolute atomic E-state index is 14.0. The Labute approximate surface area is 195 Å². The quantitative estimate of drug-likeness (QED) is 0.480. The van der Waals surface area contributed by atoms with Gasteiger partial charge < -0.3 is 24.4 Å². The minimum absolute atomic E-state index is 0.195. The summed E-state index contributed by atoms with van der Waals surface area (Å²) >= 11 is 0. The number of fused-ring (bicyclic) bond motifs is 2. The average molecular weight is 461 g/mol. The van der Waals surface area contributed by atoms with Crippen LogP contribution in [0.1, 0.15) is 52.9 Å². The van der Waals surface area contributed by atoms with Gasteiger partial charge in [-0.15, -0.1) is 0 Å². The Morgan fingerprint density at radius 1 is 1.15 bits per heavy atom. The lowest BCUT2D eigenvalue weighted by molar-refractivity contribution is -0.162. The van der Waals surface area contributed by atoms with Crippen molar-refractivity contribution in [1.82, 2.24) is 9.80 Å². The molecule has 2 fully saturated rings. The maximum atomic E-state index is 14.0. The number of nitrogens with zero attached hydrogens (tertiary/aromatic N) is 2. The Morgan fingerprint density at radius 2 is 1.94 bits per heavy atom. The number of likely N-dealkylation sites (tertiary alicyclic amines) is 1. The predicted molar refractivity (Wildman–Crippen MR) is 121 cm³/mol. The van der Waals surface area contributed by atoms with Crippen molar-refractivity contribution in [2.45, 2.75) is 76.2 Å². The summed E-state index contributed by atoms with van der Waals surface area (Å²) in [6.07, 6.45) is 11.4. The summed E-state index contributed by atoms with van der Waals surface area (Å²) in [5.74, 6) is -2.73. The molecule has 1 N–H and O–H groups in total. The highest BCUT2D eigenvalue weighted by Crippen LogP contribution is 2.58. The molecule has 0 aromatic heterocycles. The largest absolute Gasteiger partial charge is 0.465 e. The molecule has 0 aromatic carbocycles. The van der Waals surface area contributed by atoms with E-state index in [0.29, 0.717) is 25.9 Å². The van der Waals surface area contributed by atoms with E-state index in [0.717, 1.165) is 19.3 Å². The average Bonchev–Trinajstić information content (AvgIpc) is 3.20. The summed E-state index contributed by atoms with van der Waals surface area (Å²) in [7, 11) is 0. The van der Waals surface area contributed by atoms with Gasteiger partial charge in [0.1, 0.15) is 23.2 Å².